The topological polar surface area (TPSA) is 36.0 Å². The van der Waals surface area contributed by atoms with E-state index >= 15 is 0 Å². The van der Waals surface area contributed by atoms with Gasteiger partial charge < -0.3 is 10.1 Å². The Morgan fingerprint density at radius 3 is 3.08 bits per heavy atom. The molecule has 2 unspecified atom stereocenters. The molecule has 2 rings (SSSR count). The number of nitrogens with one attached hydrogen (secondary N) is 1. The lowest BCUT2D eigenvalue weighted by molar-refractivity contribution is 0.0359. The molecule has 0 bridgehead atoms. The normalized spacial score (nSPS) is 33.8. The number of aromatic nitrogens is 1. The summed E-state index contributed by atoms with van der Waals surface area (Å²) in [6, 6.07) is 3.94. The maximum absolute atomic E-state index is 10.3. The van der Waals surface area contributed by atoms with Gasteiger partial charge in [-0.15, -0.1) is 0 Å². The first kappa shape index (κ1) is 8.82. The maximum Gasteiger partial charge on any atom is 0.105 e. The van der Waals surface area contributed by atoms with Gasteiger partial charge in [-0.25, -0.2) is 0 Å². The molecule has 1 aliphatic rings. The van der Waals surface area contributed by atoms with Gasteiger partial charge in [0.05, 0.1) is 0 Å². The summed E-state index contributed by atoms with van der Waals surface area (Å²) in [4.78, 5) is 3.11. The number of hydrogen-bond acceptors (Lipinski definition) is 1. The fourth-order valence-electron chi connectivity index (χ4n) is 2.34. The standard InChI is InChI=1S/C11H17NO/c1-2-9-5-6-11(13,8-9)10-4-3-7-12-10/h3-4,7,9,12-13H,2,5-6,8H2,1H3. The van der Waals surface area contributed by atoms with Crippen molar-refractivity contribution >= 4 is 0 Å². The fourth-order valence-corrected chi connectivity index (χ4v) is 2.34. The molecule has 2 heteroatoms. The molecule has 1 saturated carbocycles. The zero-order valence-electron chi connectivity index (χ0n) is 8.09. The molecule has 1 aromatic rings. The highest BCUT2D eigenvalue weighted by Crippen LogP contribution is 2.42. The van der Waals surface area contributed by atoms with Gasteiger partial charge in [0.15, 0.2) is 0 Å². The van der Waals surface area contributed by atoms with Crippen LogP contribution in [0.15, 0.2) is 18.3 Å². The molecule has 72 valence electrons. The first-order valence-electron chi connectivity index (χ1n) is 5.11. The third-order valence-electron chi connectivity index (χ3n) is 3.27. The molecule has 2 N–H and O–H groups in total. The molecule has 0 aromatic carbocycles. The summed E-state index contributed by atoms with van der Waals surface area (Å²) in [5.74, 6) is 0.702. The van der Waals surface area contributed by atoms with Gasteiger partial charge in [0, 0.05) is 11.9 Å². The van der Waals surface area contributed by atoms with E-state index in [2.05, 4.69) is 11.9 Å². The highest BCUT2D eigenvalue weighted by Gasteiger charge is 2.38. The molecule has 1 aliphatic carbocycles. The summed E-state index contributed by atoms with van der Waals surface area (Å²) in [7, 11) is 0. The Morgan fingerprint density at radius 2 is 2.54 bits per heavy atom. The monoisotopic (exact) mass is 179 g/mol. The Bertz CT molecular complexity index is 268. The van der Waals surface area contributed by atoms with Crippen LogP contribution in [0.1, 0.15) is 38.3 Å². The Kier molecular flexibility index (Phi) is 2.16. The highest BCUT2D eigenvalue weighted by atomic mass is 16.3. The molecule has 2 nitrogen and oxygen atoms in total. The van der Waals surface area contributed by atoms with Crippen LogP contribution in [-0.4, -0.2) is 10.1 Å². The van der Waals surface area contributed by atoms with E-state index in [1.807, 2.05) is 18.3 Å². The largest absolute Gasteiger partial charge is 0.384 e. The van der Waals surface area contributed by atoms with Crippen molar-refractivity contribution < 1.29 is 5.11 Å². The number of aliphatic hydroxyl groups is 1. The van der Waals surface area contributed by atoms with E-state index in [0.29, 0.717) is 5.92 Å². The third-order valence-corrected chi connectivity index (χ3v) is 3.27. The van der Waals surface area contributed by atoms with Gasteiger partial charge in [0.2, 0.25) is 0 Å². The van der Waals surface area contributed by atoms with E-state index in [-0.39, 0.29) is 0 Å². The summed E-state index contributed by atoms with van der Waals surface area (Å²) in [5.41, 5.74) is 0.424. The maximum atomic E-state index is 10.3. The molecule has 1 aromatic heterocycles. The van der Waals surface area contributed by atoms with Crippen molar-refractivity contribution in [3.05, 3.63) is 24.0 Å². The summed E-state index contributed by atoms with van der Waals surface area (Å²) >= 11 is 0. The molecule has 13 heavy (non-hydrogen) atoms. The summed E-state index contributed by atoms with van der Waals surface area (Å²) < 4.78 is 0. The van der Waals surface area contributed by atoms with Crippen LogP contribution in [-0.2, 0) is 5.60 Å². The Hall–Kier alpha value is -0.760. The lowest BCUT2D eigenvalue weighted by atomic mass is 9.96. The molecular formula is C11H17NO. The van der Waals surface area contributed by atoms with Gasteiger partial charge in [-0.05, 0) is 37.3 Å². The van der Waals surface area contributed by atoms with E-state index < -0.39 is 5.60 Å². The first-order valence-corrected chi connectivity index (χ1v) is 5.11. The quantitative estimate of drug-likeness (QED) is 0.718. The Morgan fingerprint density at radius 1 is 1.69 bits per heavy atom. The molecule has 2 atom stereocenters. The van der Waals surface area contributed by atoms with Crippen LogP contribution in [0.2, 0.25) is 0 Å². The van der Waals surface area contributed by atoms with Crippen LogP contribution in [0.3, 0.4) is 0 Å². The summed E-state index contributed by atoms with van der Waals surface area (Å²) in [6.07, 6.45) is 6.05. The van der Waals surface area contributed by atoms with Gasteiger partial charge in [0.25, 0.3) is 0 Å². The van der Waals surface area contributed by atoms with Crippen LogP contribution in [0.25, 0.3) is 0 Å². The molecular weight excluding hydrogens is 162 g/mol. The molecule has 0 aliphatic heterocycles. The minimum absolute atomic E-state index is 0.565. The number of H-pyrrole nitrogens is 1. The molecule has 0 saturated heterocycles. The fraction of sp³-hybridized carbons (Fsp3) is 0.636. The number of hydrogen-bond donors (Lipinski definition) is 2. The van der Waals surface area contributed by atoms with Gasteiger partial charge in [0.1, 0.15) is 5.60 Å². The Labute approximate surface area is 79.0 Å². The van der Waals surface area contributed by atoms with Gasteiger partial charge in [-0.1, -0.05) is 13.3 Å². The lowest BCUT2D eigenvalue weighted by Crippen LogP contribution is -2.22. The lowest BCUT2D eigenvalue weighted by Gasteiger charge is -2.21. The van der Waals surface area contributed by atoms with E-state index in [0.717, 1.165) is 25.0 Å². The average Bonchev–Trinajstić information content (AvgIpc) is 2.72. The third kappa shape index (κ3) is 1.51. The number of aromatic amines is 1. The second-order valence-electron chi connectivity index (χ2n) is 4.13. The Balaban J connectivity index is 2.15. The minimum Gasteiger partial charge on any atom is -0.384 e. The summed E-state index contributed by atoms with van der Waals surface area (Å²) in [5, 5.41) is 10.3. The highest BCUT2D eigenvalue weighted by molar-refractivity contribution is 5.15. The van der Waals surface area contributed by atoms with E-state index in [1.54, 1.807) is 0 Å². The van der Waals surface area contributed by atoms with Crippen molar-refractivity contribution in [3.63, 3.8) is 0 Å². The van der Waals surface area contributed by atoms with Crippen LogP contribution >= 0.6 is 0 Å². The first-order chi connectivity index (χ1) is 6.24. The van der Waals surface area contributed by atoms with Crippen LogP contribution in [0.4, 0.5) is 0 Å². The van der Waals surface area contributed by atoms with Gasteiger partial charge in [-0.2, -0.15) is 0 Å². The van der Waals surface area contributed by atoms with Crippen LogP contribution in [0.5, 0.6) is 0 Å². The minimum atomic E-state index is -0.565. The van der Waals surface area contributed by atoms with E-state index in [4.69, 9.17) is 0 Å². The predicted molar refractivity (Wildman–Crippen MR) is 52.3 cm³/mol. The molecule has 0 radical (unpaired) electrons. The van der Waals surface area contributed by atoms with Crippen molar-refractivity contribution in [3.8, 4) is 0 Å². The molecule has 0 amide bonds. The van der Waals surface area contributed by atoms with Crippen molar-refractivity contribution in [1.29, 1.82) is 0 Å². The number of rotatable bonds is 2. The van der Waals surface area contributed by atoms with Crippen molar-refractivity contribution in [2.24, 2.45) is 5.92 Å². The van der Waals surface area contributed by atoms with E-state index in [1.165, 1.54) is 6.42 Å². The van der Waals surface area contributed by atoms with E-state index in [9.17, 15) is 5.11 Å². The average molecular weight is 179 g/mol. The second-order valence-corrected chi connectivity index (χ2v) is 4.13. The smallest absolute Gasteiger partial charge is 0.105 e. The predicted octanol–water partition coefficient (Wildman–Crippen LogP) is 2.41. The van der Waals surface area contributed by atoms with Crippen molar-refractivity contribution in [2.45, 2.75) is 38.2 Å². The molecule has 1 fully saturated rings. The molecule has 0 spiro atoms. The van der Waals surface area contributed by atoms with Crippen LogP contribution < -0.4 is 0 Å². The van der Waals surface area contributed by atoms with Crippen molar-refractivity contribution in [2.75, 3.05) is 0 Å². The van der Waals surface area contributed by atoms with Crippen LogP contribution in [0, 0.1) is 5.92 Å². The van der Waals surface area contributed by atoms with Crippen molar-refractivity contribution in [1.82, 2.24) is 4.98 Å². The zero-order chi connectivity index (χ0) is 9.31. The SMILES string of the molecule is CCC1CCC(O)(c2ccc[nH]2)C1. The van der Waals surface area contributed by atoms with Gasteiger partial charge >= 0.3 is 0 Å². The molecule has 1 heterocycles. The second kappa shape index (κ2) is 3.18. The summed E-state index contributed by atoms with van der Waals surface area (Å²) in [6.45, 7) is 2.20. The zero-order valence-corrected chi connectivity index (χ0v) is 8.09. The van der Waals surface area contributed by atoms with Gasteiger partial charge in [-0.3, -0.25) is 0 Å².